The minimum absolute atomic E-state index is 0.0481. The van der Waals surface area contributed by atoms with Crippen molar-refractivity contribution in [1.82, 2.24) is 0 Å². The van der Waals surface area contributed by atoms with Crippen molar-refractivity contribution in [2.24, 2.45) is 0 Å². The van der Waals surface area contributed by atoms with Gasteiger partial charge in [-0.05, 0) is 12.1 Å². The van der Waals surface area contributed by atoms with Crippen LogP contribution in [0, 0.1) is 0 Å². The Kier molecular flexibility index (Phi) is 4.90. The standard InChI is InChI=1S/C11H9ClF2O3/c12-8-3-1-2-7(4-5-10(15)16)11(8)17-6-9(13)14/h1-5,9H,6H2,(H,15,16)/b5-4+. The lowest BCUT2D eigenvalue weighted by molar-refractivity contribution is -0.131. The SMILES string of the molecule is O=C(O)/C=C/c1cccc(Cl)c1OCC(F)F. The molecule has 17 heavy (non-hydrogen) atoms. The highest BCUT2D eigenvalue weighted by Gasteiger charge is 2.10. The molecule has 0 spiro atoms. The van der Waals surface area contributed by atoms with E-state index in [9.17, 15) is 13.6 Å². The van der Waals surface area contributed by atoms with Crippen LogP contribution in [0.15, 0.2) is 24.3 Å². The van der Waals surface area contributed by atoms with Crippen molar-refractivity contribution in [3.63, 3.8) is 0 Å². The second-order valence-corrected chi connectivity index (χ2v) is 3.44. The van der Waals surface area contributed by atoms with E-state index in [1.54, 1.807) is 6.07 Å². The summed E-state index contributed by atoms with van der Waals surface area (Å²) in [5.74, 6) is -1.10. The summed E-state index contributed by atoms with van der Waals surface area (Å²) in [4.78, 5) is 10.4. The van der Waals surface area contributed by atoms with Crippen LogP contribution in [-0.4, -0.2) is 24.1 Å². The zero-order valence-corrected chi connectivity index (χ0v) is 9.32. The lowest BCUT2D eigenvalue weighted by Gasteiger charge is -2.10. The summed E-state index contributed by atoms with van der Waals surface area (Å²) in [6.07, 6.45) is -0.516. The number of carbonyl (C=O) groups is 1. The van der Waals surface area contributed by atoms with E-state index in [1.165, 1.54) is 18.2 Å². The first kappa shape index (κ1) is 13.4. The van der Waals surface area contributed by atoms with Crippen LogP contribution in [0.2, 0.25) is 5.02 Å². The molecule has 0 aliphatic rings. The number of rotatable bonds is 5. The fraction of sp³-hybridized carbons (Fsp3) is 0.182. The van der Waals surface area contributed by atoms with E-state index in [4.69, 9.17) is 21.4 Å². The molecule has 0 radical (unpaired) electrons. The molecule has 3 nitrogen and oxygen atoms in total. The smallest absolute Gasteiger partial charge is 0.328 e. The van der Waals surface area contributed by atoms with Gasteiger partial charge in [-0.15, -0.1) is 0 Å². The second-order valence-electron chi connectivity index (χ2n) is 3.03. The molecule has 0 aliphatic heterocycles. The monoisotopic (exact) mass is 262 g/mol. The van der Waals surface area contributed by atoms with Crippen molar-refractivity contribution in [3.05, 3.63) is 34.9 Å². The first-order chi connectivity index (χ1) is 8.00. The van der Waals surface area contributed by atoms with E-state index in [0.717, 1.165) is 6.08 Å². The number of hydrogen-bond donors (Lipinski definition) is 1. The van der Waals surface area contributed by atoms with Crippen molar-refractivity contribution in [3.8, 4) is 5.75 Å². The molecule has 1 rings (SSSR count). The first-order valence-electron chi connectivity index (χ1n) is 4.61. The normalized spacial score (nSPS) is 11.1. The fourth-order valence-corrected chi connectivity index (χ4v) is 1.35. The predicted octanol–water partition coefficient (Wildman–Crippen LogP) is 3.08. The molecular formula is C11H9ClF2O3. The molecule has 0 aromatic heterocycles. The van der Waals surface area contributed by atoms with Crippen molar-refractivity contribution in [2.75, 3.05) is 6.61 Å². The largest absolute Gasteiger partial charge is 0.485 e. The molecule has 0 aliphatic carbocycles. The third-order valence-corrected chi connectivity index (χ3v) is 2.05. The Morgan fingerprint density at radius 3 is 2.82 bits per heavy atom. The van der Waals surface area contributed by atoms with Crippen molar-refractivity contribution < 1.29 is 23.4 Å². The number of ether oxygens (including phenoxy) is 1. The summed E-state index contributed by atoms with van der Waals surface area (Å²) < 4.78 is 28.9. The molecule has 0 saturated carbocycles. The highest BCUT2D eigenvalue weighted by Crippen LogP contribution is 2.29. The van der Waals surface area contributed by atoms with Gasteiger partial charge in [0.05, 0.1) is 5.02 Å². The third kappa shape index (κ3) is 4.40. The van der Waals surface area contributed by atoms with E-state index in [0.29, 0.717) is 5.56 Å². The minimum Gasteiger partial charge on any atom is -0.485 e. The van der Waals surface area contributed by atoms with Gasteiger partial charge in [0.1, 0.15) is 12.4 Å². The Bertz CT molecular complexity index is 433. The first-order valence-corrected chi connectivity index (χ1v) is 4.99. The van der Waals surface area contributed by atoms with Gasteiger partial charge in [0, 0.05) is 11.6 Å². The zero-order valence-electron chi connectivity index (χ0n) is 8.57. The average Bonchev–Trinajstić information content (AvgIpc) is 2.24. The van der Waals surface area contributed by atoms with Crippen LogP contribution < -0.4 is 4.74 Å². The molecular weight excluding hydrogens is 254 g/mol. The van der Waals surface area contributed by atoms with Crippen molar-refractivity contribution >= 4 is 23.6 Å². The number of para-hydroxylation sites is 1. The molecule has 0 saturated heterocycles. The number of carboxylic acid groups (broad SMARTS) is 1. The van der Waals surface area contributed by atoms with Gasteiger partial charge in [-0.3, -0.25) is 0 Å². The van der Waals surface area contributed by atoms with Gasteiger partial charge in [0.25, 0.3) is 6.43 Å². The molecule has 0 fully saturated rings. The van der Waals surface area contributed by atoms with Crippen LogP contribution in [0.3, 0.4) is 0 Å². The number of benzene rings is 1. The second kappa shape index (κ2) is 6.20. The number of aliphatic carboxylic acids is 1. The van der Waals surface area contributed by atoms with Crippen LogP contribution >= 0.6 is 11.6 Å². The highest BCUT2D eigenvalue weighted by atomic mass is 35.5. The number of alkyl halides is 2. The number of carboxylic acids is 1. The Labute approximate surface area is 101 Å². The predicted molar refractivity (Wildman–Crippen MR) is 59.6 cm³/mol. The summed E-state index contributed by atoms with van der Waals surface area (Å²) in [7, 11) is 0. The Balaban J connectivity index is 2.95. The van der Waals surface area contributed by atoms with Gasteiger partial charge >= 0.3 is 5.97 Å². The molecule has 0 heterocycles. The summed E-state index contributed by atoms with van der Waals surface area (Å²) >= 11 is 5.78. The van der Waals surface area contributed by atoms with E-state index >= 15 is 0 Å². The quantitative estimate of drug-likeness (QED) is 0.830. The zero-order chi connectivity index (χ0) is 12.8. The van der Waals surface area contributed by atoms with Gasteiger partial charge in [-0.25, -0.2) is 13.6 Å². The average molecular weight is 263 g/mol. The highest BCUT2D eigenvalue weighted by molar-refractivity contribution is 6.32. The molecule has 6 heteroatoms. The van der Waals surface area contributed by atoms with E-state index in [2.05, 4.69) is 0 Å². The van der Waals surface area contributed by atoms with E-state index < -0.39 is 19.0 Å². The molecule has 92 valence electrons. The Hall–Kier alpha value is -1.62. The number of halogens is 3. The molecule has 0 amide bonds. The molecule has 1 aromatic rings. The van der Waals surface area contributed by atoms with E-state index in [1.807, 2.05) is 0 Å². The Morgan fingerprint density at radius 2 is 2.24 bits per heavy atom. The molecule has 1 aromatic carbocycles. The maximum atomic E-state index is 12.0. The summed E-state index contributed by atoms with van der Waals surface area (Å²) in [6.45, 7) is -0.794. The maximum absolute atomic E-state index is 12.0. The molecule has 0 unspecified atom stereocenters. The van der Waals surface area contributed by atoms with Crippen molar-refractivity contribution in [1.29, 1.82) is 0 Å². The van der Waals surface area contributed by atoms with Gasteiger partial charge in [-0.1, -0.05) is 23.7 Å². The summed E-state index contributed by atoms with van der Waals surface area (Å²) in [6, 6.07) is 4.56. The maximum Gasteiger partial charge on any atom is 0.328 e. The molecule has 0 atom stereocenters. The van der Waals surface area contributed by atoms with Crippen LogP contribution in [0.5, 0.6) is 5.75 Å². The van der Waals surface area contributed by atoms with Crippen molar-refractivity contribution in [2.45, 2.75) is 6.43 Å². The van der Waals surface area contributed by atoms with Gasteiger partial charge in [0.2, 0.25) is 0 Å². The van der Waals surface area contributed by atoms with Crippen LogP contribution in [0.25, 0.3) is 6.08 Å². The lowest BCUT2D eigenvalue weighted by Crippen LogP contribution is -2.08. The molecule has 1 N–H and O–H groups in total. The van der Waals surface area contributed by atoms with Gasteiger partial charge in [0.15, 0.2) is 0 Å². The van der Waals surface area contributed by atoms with Gasteiger partial charge in [-0.2, -0.15) is 0 Å². The topological polar surface area (TPSA) is 46.5 Å². The lowest BCUT2D eigenvalue weighted by atomic mass is 10.2. The van der Waals surface area contributed by atoms with Crippen LogP contribution in [0.4, 0.5) is 8.78 Å². The van der Waals surface area contributed by atoms with Crippen LogP contribution in [-0.2, 0) is 4.79 Å². The number of hydrogen-bond acceptors (Lipinski definition) is 2. The molecule has 0 bridgehead atoms. The fourth-order valence-electron chi connectivity index (χ4n) is 1.12. The van der Waals surface area contributed by atoms with Gasteiger partial charge < -0.3 is 9.84 Å². The van der Waals surface area contributed by atoms with E-state index in [-0.39, 0.29) is 10.8 Å². The Morgan fingerprint density at radius 1 is 1.53 bits per heavy atom. The summed E-state index contributed by atoms with van der Waals surface area (Å²) in [5, 5.41) is 8.62. The summed E-state index contributed by atoms with van der Waals surface area (Å²) in [5.41, 5.74) is 0.334. The third-order valence-electron chi connectivity index (χ3n) is 1.76. The minimum atomic E-state index is -2.62. The van der Waals surface area contributed by atoms with Crippen LogP contribution in [0.1, 0.15) is 5.56 Å².